The summed E-state index contributed by atoms with van der Waals surface area (Å²) in [5, 5.41) is 3.60. The Morgan fingerprint density at radius 1 is 1.10 bits per heavy atom. The lowest BCUT2D eigenvalue weighted by atomic mass is 9.85. The van der Waals surface area contributed by atoms with Gasteiger partial charge in [0.25, 0.3) is 0 Å². The Bertz CT molecular complexity index is 512. The molecular weight excluding hydrogens is 324 g/mol. The Labute approximate surface area is 136 Å². The number of halogens is 1. The van der Waals surface area contributed by atoms with Gasteiger partial charge in [0.15, 0.2) is 0 Å². The van der Waals surface area contributed by atoms with Gasteiger partial charge >= 0.3 is 0 Å². The predicted molar refractivity (Wildman–Crippen MR) is 91.7 cm³/mol. The predicted octanol–water partition coefficient (Wildman–Crippen LogP) is 4.47. The highest BCUT2D eigenvalue weighted by molar-refractivity contribution is 9.10. The Balaban J connectivity index is 1.49. The van der Waals surface area contributed by atoms with Crippen molar-refractivity contribution in [3.05, 3.63) is 28.2 Å². The zero-order valence-corrected chi connectivity index (χ0v) is 14.2. The fourth-order valence-electron chi connectivity index (χ4n) is 4.15. The lowest BCUT2D eigenvalue weighted by Gasteiger charge is -2.33. The van der Waals surface area contributed by atoms with E-state index in [2.05, 4.69) is 44.3 Å². The van der Waals surface area contributed by atoms with Crippen molar-refractivity contribution in [2.45, 2.75) is 63.6 Å². The Morgan fingerprint density at radius 2 is 1.95 bits per heavy atom. The molecular formula is C18H25BrN2. The summed E-state index contributed by atoms with van der Waals surface area (Å²) >= 11 is 3.83. The largest absolute Gasteiger partial charge is 0.367 e. The van der Waals surface area contributed by atoms with Gasteiger partial charge in [0.2, 0.25) is 0 Å². The molecule has 3 aliphatic rings. The number of rotatable bonds is 4. The molecule has 4 rings (SSSR count). The van der Waals surface area contributed by atoms with Crippen molar-refractivity contribution in [1.82, 2.24) is 5.32 Å². The van der Waals surface area contributed by atoms with Crippen LogP contribution >= 0.6 is 15.9 Å². The van der Waals surface area contributed by atoms with Crippen molar-refractivity contribution in [3.8, 4) is 0 Å². The molecule has 2 saturated carbocycles. The van der Waals surface area contributed by atoms with Crippen LogP contribution < -0.4 is 10.2 Å². The molecule has 3 heteroatoms. The molecule has 2 aliphatic carbocycles. The Morgan fingerprint density at radius 3 is 2.76 bits per heavy atom. The maximum Gasteiger partial charge on any atom is 0.0513 e. The molecule has 2 nitrogen and oxygen atoms in total. The third-order valence-corrected chi connectivity index (χ3v) is 6.14. The molecule has 0 radical (unpaired) electrons. The molecule has 2 unspecified atom stereocenters. The standard InChI is InChI=1S/C18H25BrN2/c19-16-11-13(12-20-15-6-7-15)5-8-18(16)21-10-9-14-3-1-2-4-17(14)21/h5,8,11,14-15,17,20H,1-4,6-7,9-10,12H2. The first kappa shape index (κ1) is 14.1. The third kappa shape index (κ3) is 3.00. The first-order chi connectivity index (χ1) is 10.3. The molecule has 1 saturated heterocycles. The van der Waals surface area contributed by atoms with Crippen LogP contribution in [0.4, 0.5) is 5.69 Å². The van der Waals surface area contributed by atoms with Crippen LogP contribution in [0, 0.1) is 5.92 Å². The lowest BCUT2D eigenvalue weighted by molar-refractivity contribution is 0.342. The first-order valence-corrected chi connectivity index (χ1v) is 9.39. The zero-order valence-electron chi connectivity index (χ0n) is 12.7. The van der Waals surface area contributed by atoms with Gasteiger partial charge < -0.3 is 10.2 Å². The highest BCUT2D eigenvalue weighted by Crippen LogP contribution is 2.41. The van der Waals surface area contributed by atoms with E-state index in [9.17, 15) is 0 Å². The molecule has 0 spiro atoms. The summed E-state index contributed by atoms with van der Waals surface area (Å²) in [5.74, 6) is 0.946. The minimum absolute atomic E-state index is 0.782. The van der Waals surface area contributed by atoms with Gasteiger partial charge in [-0.1, -0.05) is 18.9 Å². The van der Waals surface area contributed by atoms with Gasteiger partial charge in [0, 0.05) is 29.6 Å². The fraction of sp³-hybridized carbons (Fsp3) is 0.667. The molecule has 114 valence electrons. The summed E-state index contributed by atoms with van der Waals surface area (Å²) in [7, 11) is 0. The molecule has 0 amide bonds. The van der Waals surface area contributed by atoms with E-state index in [0.717, 1.165) is 24.5 Å². The highest BCUT2D eigenvalue weighted by atomic mass is 79.9. The van der Waals surface area contributed by atoms with Crippen LogP contribution in [0.5, 0.6) is 0 Å². The average Bonchev–Trinajstić information content (AvgIpc) is 3.24. The molecule has 1 aromatic rings. The van der Waals surface area contributed by atoms with Gasteiger partial charge in [-0.2, -0.15) is 0 Å². The van der Waals surface area contributed by atoms with E-state index in [0.29, 0.717) is 0 Å². The molecule has 0 bridgehead atoms. The summed E-state index contributed by atoms with van der Waals surface area (Å²) in [5.41, 5.74) is 2.82. The minimum atomic E-state index is 0.782. The van der Waals surface area contributed by atoms with E-state index in [-0.39, 0.29) is 0 Å². The van der Waals surface area contributed by atoms with Crippen molar-refractivity contribution in [3.63, 3.8) is 0 Å². The van der Waals surface area contributed by atoms with Crippen molar-refractivity contribution >= 4 is 21.6 Å². The van der Waals surface area contributed by atoms with Crippen LogP contribution in [-0.2, 0) is 6.54 Å². The number of nitrogens with one attached hydrogen (secondary N) is 1. The van der Waals surface area contributed by atoms with Gasteiger partial charge in [-0.05, 0) is 71.6 Å². The average molecular weight is 349 g/mol. The normalized spacial score (nSPS) is 28.7. The topological polar surface area (TPSA) is 15.3 Å². The van der Waals surface area contributed by atoms with Gasteiger partial charge in [-0.3, -0.25) is 0 Å². The second-order valence-electron chi connectivity index (χ2n) is 7.03. The van der Waals surface area contributed by atoms with E-state index >= 15 is 0 Å². The van der Waals surface area contributed by atoms with Crippen LogP contribution in [0.1, 0.15) is 50.5 Å². The molecule has 0 aromatic heterocycles. The number of benzene rings is 1. The van der Waals surface area contributed by atoms with E-state index in [1.165, 1.54) is 67.2 Å². The van der Waals surface area contributed by atoms with Gasteiger partial charge in [-0.15, -0.1) is 0 Å². The first-order valence-electron chi connectivity index (χ1n) is 8.60. The van der Waals surface area contributed by atoms with E-state index < -0.39 is 0 Å². The second-order valence-corrected chi connectivity index (χ2v) is 7.89. The molecule has 1 heterocycles. The molecule has 21 heavy (non-hydrogen) atoms. The van der Waals surface area contributed by atoms with Crippen molar-refractivity contribution in [2.24, 2.45) is 5.92 Å². The molecule has 3 fully saturated rings. The number of nitrogens with zero attached hydrogens (tertiary/aromatic N) is 1. The van der Waals surface area contributed by atoms with Crippen molar-refractivity contribution in [1.29, 1.82) is 0 Å². The summed E-state index contributed by atoms with van der Waals surface area (Å²) in [6.07, 6.45) is 9.80. The van der Waals surface area contributed by atoms with Crippen LogP contribution in [0.25, 0.3) is 0 Å². The summed E-state index contributed by atoms with van der Waals surface area (Å²) in [4.78, 5) is 2.67. The van der Waals surface area contributed by atoms with Crippen LogP contribution in [0.3, 0.4) is 0 Å². The summed E-state index contributed by atoms with van der Waals surface area (Å²) in [6.45, 7) is 2.25. The number of fused-ring (bicyclic) bond motifs is 1. The van der Waals surface area contributed by atoms with Gasteiger partial charge in [0.05, 0.1) is 5.69 Å². The van der Waals surface area contributed by atoms with Crippen LogP contribution in [0.15, 0.2) is 22.7 Å². The monoisotopic (exact) mass is 348 g/mol. The molecule has 1 N–H and O–H groups in total. The van der Waals surface area contributed by atoms with Crippen molar-refractivity contribution in [2.75, 3.05) is 11.4 Å². The highest BCUT2D eigenvalue weighted by Gasteiger charge is 2.36. The molecule has 1 aliphatic heterocycles. The van der Waals surface area contributed by atoms with E-state index in [1.807, 2.05) is 0 Å². The fourth-order valence-corrected chi connectivity index (χ4v) is 4.80. The summed E-state index contributed by atoms with van der Waals surface area (Å²) < 4.78 is 1.28. The summed E-state index contributed by atoms with van der Waals surface area (Å²) in [6, 6.07) is 8.55. The Kier molecular flexibility index (Phi) is 3.97. The lowest BCUT2D eigenvalue weighted by Crippen LogP contribution is -2.34. The second kappa shape index (κ2) is 5.92. The van der Waals surface area contributed by atoms with Crippen LogP contribution in [0.2, 0.25) is 0 Å². The molecule has 2 atom stereocenters. The minimum Gasteiger partial charge on any atom is -0.367 e. The maximum absolute atomic E-state index is 3.83. The van der Waals surface area contributed by atoms with E-state index in [1.54, 1.807) is 0 Å². The third-order valence-electron chi connectivity index (χ3n) is 5.50. The zero-order chi connectivity index (χ0) is 14.2. The quantitative estimate of drug-likeness (QED) is 0.863. The number of hydrogen-bond acceptors (Lipinski definition) is 2. The van der Waals surface area contributed by atoms with E-state index in [4.69, 9.17) is 0 Å². The smallest absolute Gasteiger partial charge is 0.0513 e. The Hall–Kier alpha value is -0.540. The maximum atomic E-state index is 3.83. The SMILES string of the molecule is Brc1cc(CNC2CC2)ccc1N1CCC2CCCCC21. The van der Waals surface area contributed by atoms with Crippen molar-refractivity contribution < 1.29 is 0 Å². The molecule has 1 aromatic carbocycles. The number of anilines is 1. The van der Waals surface area contributed by atoms with Crippen LogP contribution in [-0.4, -0.2) is 18.6 Å². The number of hydrogen-bond donors (Lipinski definition) is 1. The van der Waals surface area contributed by atoms with Gasteiger partial charge in [0.1, 0.15) is 0 Å². The van der Waals surface area contributed by atoms with Gasteiger partial charge in [-0.25, -0.2) is 0 Å².